The summed E-state index contributed by atoms with van der Waals surface area (Å²) < 4.78 is 2.06. The molecule has 1 N–H and O–H groups in total. The minimum Gasteiger partial charge on any atom is -0.357 e. The monoisotopic (exact) mass is 222 g/mol. The molecule has 0 atom stereocenters. The summed E-state index contributed by atoms with van der Waals surface area (Å²) >= 11 is 5.17. The molecule has 0 spiro atoms. The number of imidazole rings is 1. The summed E-state index contributed by atoms with van der Waals surface area (Å²) in [6.45, 7) is 6.62. The van der Waals surface area contributed by atoms with Crippen molar-refractivity contribution >= 4 is 17.3 Å². The Morgan fingerprint density at radius 2 is 2.40 bits per heavy atom. The zero-order valence-corrected chi connectivity index (χ0v) is 9.33. The lowest BCUT2D eigenvalue weighted by atomic mass is 10.3. The lowest BCUT2D eigenvalue weighted by Crippen LogP contribution is -2.28. The van der Waals surface area contributed by atoms with Crippen molar-refractivity contribution in [1.29, 1.82) is 0 Å². The predicted octanol–water partition coefficient (Wildman–Crippen LogP) is 0.977. The van der Waals surface area contributed by atoms with Crippen LogP contribution in [0, 0.1) is 0 Å². The van der Waals surface area contributed by atoms with E-state index in [9.17, 15) is 0 Å². The number of aromatic nitrogens is 2. The van der Waals surface area contributed by atoms with Gasteiger partial charge in [-0.25, -0.2) is 4.98 Å². The van der Waals surface area contributed by atoms with Crippen molar-refractivity contribution in [2.24, 2.45) is 0 Å². The van der Waals surface area contributed by atoms with Crippen LogP contribution in [0.25, 0.3) is 0 Å². The van der Waals surface area contributed by atoms with Gasteiger partial charge in [-0.3, -0.25) is 0 Å². The number of aryl methyl sites for hydroxylation is 1. The molecule has 0 bridgehead atoms. The standard InChI is InChI=1S/C10H14N4S/c1-9-7-12-10(15)14(9)5-2-4-13-6-3-11-8-13/h3,6,8H,1-2,4-5,7H2,(H,12,15). The second-order valence-corrected chi connectivity index (χ2v) is 3.92. The summed E-state index contributed by atoms with van der Waals surface area (Å²) in [5.74, 6) is 0. The van der Waals surface area contributed by atoms with Crippen molar-refractivity contribution in [1.82, 2.24) is 19.8 Å². The summed E-state index contributed by atoms with van der Waals surface area (Å²) in [5, 5.41) is 3.90. The van der Waals surface area contributed by atoms with Gasteiger partial charge in [0.15, 0.2) is 5.11 Å². The van der Waals surface area contributed by atoms with Gasteiger partial charge in [-0.2, -0.15) is 0 Å². The van der Waals surface area contributed by atoms with E-state index in [-0.39, 0.29) is 0 Å². The van der Waals surface area contributed by atoms with Crippen LogP contribution < -0.4 is 5.32 Å². The van der Waals surface area contributed by atoms with Crippen LogP contribution in [0.1, 0.15) is 6.42 Å². The first-order chi connectivity index (χ1) is 7.27. The number of thiocarbonyl (C=S) groups is 1. The maximum atomic E-state index is 5.17. The number of nitrogens with one attached hydrogen (secondary N) is 1. The number of rotatable bonds is 4. The molecule has 2 rings (SSSR count). The van der Waals surface area contributed by atoms with E-state index in [0.717, 1.165) is 36.9 Å². The maximum Gasteiger partial charge on any atom is 0.173 e. The topological polar surface area (TPSA) is 33.1 Å². The van der Waals surface area contributed by atoms with Crippen molar-refractivity contribution in [3.63, 3.8) is 0 Å². The van der Waals surface area contributed by atoms with Crippen LogP contribution in [-0.2, 0) is 6.54 Å². The van der Waals surface area contributed by atoms with Gasteiger partial charge < -0.3 is 14.8 Å². The summed E-state index contributed by atoms with van der Waals surface area (Å²) in [4.78, 5) is 6.06. The highest BCUT2D eigenvalue weighted by molar-refractivity contribution is 7.80. The predicted molar refractivity (Wildman–Crippen MR) is 63.3 cm³/mol. The summed E-state index contributed by atoms with van der Waals surface area (Å²) in [7, 11) is 0. The first-order valence-electron chi connectivity index (χ1n) is 4.96. The first kappa shape index (κ1) is 10.2. The van der Waals surface area contributed by atoms with Gasteiger partial charge in [0.25, 0.3) is 0 Å². The third kappa shape index (κ3) is 2.36. The summed E-state index contributed by atoms with van der Waals surface area (Å²) in [6, 6.07) is 0. The van der Waals surface area contributed by atoms with E-state index >= 15 is 0 Å². The van der Waals surface area contributed by atoms with E-state index in [1.54, 1.807) is 6.20 Å². The van der Waals surface area contributed by atoms with Crippen LogP contribution in [0.5, 0.6) is 0 Å². The molecule has 0 unspecified atom stereocenters. The van der Waals surface area contributed by atoms with Crippen LogP contribution in [0.15, 0.2) is 31.0 Å². The molecule has 1 aliphatic rings. The number of hydrogen-bond acceptors (Lipinski definition) is 2. The molecule has 80 valence electrons. The van der Waals surface area contributed by atoms with E-state index in [1.165, 1.54) is 0 Å². The molecule has 1 aliphatic heterocycles. The maximum absolute atomic E-state index is 5.17. The molecule has 4 nitrogen and oxygen atoms in total. The normalized spacial score (nSPS) is 15.9. The quantitative estimate of drug-likeness (QED) is 0.770. The van der Waals surface area contributed by atoms with Crippen molar-refractivity contribution in [3.8, 4) is 0 Å². The first-order valence-corrected chi connectivity index (χ1v) is 5.37. The van der Waals surface area contributed by atoms with Gasteiger partial charge in [0.05, 0.1) is 12.9 Å². The molecule has 5 heteroatoms. The fourth-order valence-electron chi connectivity index (χ4n) is 1.60. The van der Waals surface area contributed by atoms with Crippen LogP contribution in [-0.4, -0.2) is 32.7 Å². The largest absolute Gasteiger partial charge is 0.357 e. The second kappa shape index (κ2) is 4.44. The highest BCUT2D eigenvalue weighted by Crippen LogP contribution is 2.09. The second-order valence-electron chi connectivity index (χ2n) is 3.53. The van der Waals surface area contributed by atoms with E-state index in [0.29, 0.717) is 0 Å². The highest BCUT2D eigenvalue weighted by atomic mass is 32.1. The molecule has 15 heavy (non-hydrogen) atoms. The third-order valence-electron chi connectivity index (χ3n) is 2.43. The van der Waals surface area contributed by atoms with Crippen molar-refractivity contribution in [3.05, 3.63) is 31.0 Å². The third-order valence-corrected chi connectivity index (χ3v) is 2.79. The zero-order valence-electron chi connectivity index (χ0n) is 8.52. The van der Waals surface area contributed by atoms with Gasteiger partial charge in [-0.1, -0.05) is 6.58 Å². The Kier molecular flexibility index (Phi) is 3.01. The molecular weight excluding hydrogens is 208 g/mol. The van der Waals surface area contributed by atoms with Crippen LogP contribution in [0.2, 0.25) is 0 Å². The average Bonchev–Trinajstić information content (AvgIpc) is 2.82. The van der Waals surface area contributed by atoms with Gasteiger partial charge in [0, 0.05) is 31.2 Å². The number of hydrogen-bond donors (Lipinski definition) is 1. The van der Waals surface area contributed by atoms with Crippen molar-refractivity contribution < 1.29 is 0 Å². The van der Waals surface area contributed by atoms with E-state index < -0.39 is 0 Å². The Balaban J connectivity index is 1.78. The molecule has 1 aromatic heterocycles. The van der Waals surface area contributed by atoms with E-state index in [1.807, 2.05) is 12.5 Å². The Bertz CT molecular complexity index is 342. The molecule has 1 aromatic rings. The highest BCUT2D eigenvalue weighted by Gasteiger charge is 2.18. The number of nitrogens with zero attached hydrogens (tertiary/aromatic N) is 3. The van der Waals surface area contributed by atoms with Crippen LogP contribution in [0.3, 0.4) is 0 Å². The molecule has 0 saturated carbocycles. The van der Waals surface area contributed by atoms with Crippen LogP contribution in [0.4, 0.5) is 0 Å². The van der Waals surface area contributed by atoms with E-state index in [2.05, 4.69) is 26.3 Å². The van der Waals surface area contributed by atoms with Gasteiger partial charge in [0.2, 0.25) is 0 Å². The van der Waals surface area contributed by atoms with Crippen molar-refractivity contribution in [2.45, 2.75) is 13.0 Å². The Morgan fingerprint density at radius 1 is 1.53 bits per heavy atom. The molecular formula is C10H14N4S. The molecule has 0 aliphatic carbocycles. The Labute approximate surface area is 94.6 Å². The van der Waals surface area contributed by atoms with Gasteiger partial charge in [0.1, 0.15) is 0 Å². The molecule has 1 fully saturated rings. The lowest BCUT2D eigenvalue weighted by Gasteiger charge is -2.17. The fraction of sp³-hybridized carbons (Fsp3) is 0.400. The summed E-state index contributed by atoms with van der Waals surface area (Å²) in [6.07, 6.45) is 6.63. The van der Waals surface area contributed by atoms with Crippen molar-refractivity contribution in [2.75, 3.05) is 13.1 Å². The SMILES string of the molecule is C=C1CNC(=S)N1CCCn1ccnc1. The minimum atomic E-state index is 0.782. The van der Waals surface area contributed by atoms with Gasteiger partial charge >= 0.3 is 0 Å². The molecule has 0 amide bonds. The zero-order chi connectivity index (χ0) is 10.7. The molecule has 1 saturated heterocycles. The summed E-state index contributed by atoms with van der Waals surface area (Å²) in [5.41, 5.74) is 1.06. The fourth-order valence-corrected chi connectivity index (χ4v) is 1.89. The van der Waals surface area contributed by atoms with Gasteiger partial charge in [-0.05, 0) is 18.6 Å². The van der Waals surface area contributed by atoms with Crippen LogP contribution >= 0.6 is 12.2 Å². The van der Waals surface area contributed by atoms with Gasteiger partial charge in [-0.15, -0.1) is 0 Å². The Morgan fingerprint density at radius 3 is 3.00 bits per heavy atom. The molecule has 0 radical (unpaired) electrons. The molecule has 0 aromatic carbocycles. The Hall–Kier alpha value is -1.36. The lowest BCUT2D eigenvalue weighted by molar-refractivity contribution is 0.488. The average molecular weight is 222 g/mol. The van der Waals surface area contributed by atoms with E-state index in [4.69, 9.17) is 12.2 Å². The smallest absolute Gasteiger partial charge is 0.173 e. The molecule has 2 heterocycles. The minimum absolute atomic E-state index is 0.782.